The Morgan fingerprint density at radius 2 is 2.00 bits per heavy atom. The van der Waals surface area contributed by atoms with Crippen LogP contribution in [0.15, 0.2) is 36.4 Å². The molecule has 1 aliphatic heterocycles. The van der Waals surface area contributed by atoms with Crippen LogP contribution in [0.5, 0.6) is 0 Å². The minimum Gasteiger partial charge on any atom is -0.288 e. The van der Waals surface area contributed by atoms with Crippen LogP contribution in [0, 0.1) is 10.1 Å². The van der Waals surface area contributed by atoms with Crippen molar-refractivity contribution in [3.05, 3.63) is 52.1 Å². The Morgan fingerprint density at radius 1 is 1.25 bits per heavy atom. The van der Waals surface area contributed by atoms with Crippen molar-refractivity contribution < 1.29 is 22.9 Å². The molecule has 1 fully saturated rings. The van der Waals surface area contributed by atoms with E-state index in [0.717, 1.165) is 11.1 Å². The van der Waals surface area contributed by atoms with Crippen molar-refractivity contribution in [3.8, 4) is 0 Å². The van der Waals surface area contributed by atoms with Gasteiger partial charge in [-0.3, -0.25) is 20.3 Å². The predicted molar refractivity (Wildman–Crippen MR) is 78.9 cm³/mol. The molecule has 6 nitrogen and oxygen atoms in total. The van der Waals surface area contributed by atoms with Gasteiger partial charge in [-0.2, -0.15) is 13.2 Å². The highest BCUT2D eigenvalue weighted by Gasteiger charge is 2.47. The summed E-state index contributed by atoms with van der Waals surface area (Å²) in [4.78, 5) is 21.6. The van der Waals surface area contributed by atoms with E-state index in [1.54, 1.807) is 6.07 Å². The van der Waals surface area contributed by atoms with Crippen molar-refractivity contribution in [2.45, 2.75) is 18.6 Å². The zero-order valence-electron chi connectivity index (χ0n) is 12.2. The van der Waals surface area contributed by atoms with E-state index < -0.39 is 23.0 Å². The van der Waals surface area contributed by atoms with E-state index in [1.165, 1.54) is 24.3 Å². The number of nitro groups is 1. The summed E-state index contributed by atoms with van der Waals surface area (Å²) in [6, 6.07) is 6.02. The average Bonchev–Trinajstić information content (AvgIpc) is 2.91. The summed E-state index contributed by atoms with van der Waals surface area (Å²) < 4.78 is 40.9. The molecule has 1 atom stereocenters. The monoisotopic (exact) mass is 339 g/mol. The number of benzene rings is 2. The van der Waals surface area contributed by atoms with Gasteiger partial charge >= 0.3 is 6.18 Å². The molecule has 1 amide bonds. The largest absolute Gasteiger partial charge is 0.409 e. The average molecular weight is 339 g/mol. The Kier molecular flexibility index (Phi) is 3.88. The molecule has 2 aromatic rings. The molecule has 0 radical (unpaired) electrons. The third-order valence-electron chi connectivity index (χ3n) is 3.87. The second kappa shape index (κ2) is 5.75. The van der Waals surface area contributed by atoms with Crippen LogP contribution in [-0.4, -0.2) is 28.6 Å². The number of carbonyl (C=O) groups is 1. The number of nitrogens with one attached hydrogen (secondary N) is 1. The molecular weight excluding hydrogens is 327 g/mol. The van der Waals surface area contributed by atoms with E-state index in [9.17, 15) is 28.1 Å². The molecule has 0 spiro atoms. The van der Waals surface area contributed by atoms with Crippen molar-refractivity contribution in [1.29, 1.82) is 0 Å². The second-order valence-electron chi connectivity index (χ2n) is 5.43. The molecule has 0 saturated carbocycles. The van der Waals surface area contributed by atoms with Gasteiger partial charge in [-0.25, -0.2) is 5.01 Å². The van der Waals surface area contributed by atoms with Crippen LogP contribution in [0.4, 0.5) is 18.9 Å². The minimum absolute atomic E-state index is 0.0303. The van der Waals surface area contributed by atoms with Crippen LogP contribution < -0.4 is 5.43 Å². The number of nitro benzene ring substituents is 1. The van der Waals surface area contributed by atoms with Gasteiger partial charge in [0.25, 0.3) is 5.69 Å². The van der Waals surface area contributed by atoms with Gasteiger partial charge < -0.3 is 0 Å². The van der Waals surface area contributed by atoms with Gasteiger partial charge in [-0.1, -0.05) is 18.2 Å². The first kappa shape index (κ1) is 16.2. The smallest absolute Gasteiger partial charge is 0.288 e. The highest BCUT2D eigenvalue weighted by molar-refractivity contribution is 5.88. The van der Waals surface area contributed by atoms with Gasteiger partial charge in [-0.05, 0) is 22.4 Å². The zero-order valence-corrected chi connectivity index (χ0v) is 12.2. The van der Waals surface area contributed by atoms with Crippen LogP contribution in [0.25, 0.3) is 10.8 Å². The molecule has 2 aromatic carbocycles. The van der Waals surface area contributed by atoms with Crippen LogP contribution in [-0.2, 0) is 4.79 Å². The molecule has 1 N–H and O–H groups in total. The fourth-order valence-electron chi connectivity index (χ4n) is 2.85. The number of hydrazine groups is 1. The van der Waals surface area contributed by atoms with Gasteiger partial charge in [-0.15, -0.1) is 0 Å². The molecule has 0 aliphatic carbocycles. The van der Waals surface area contributed by atoms with Gasteiger partial charge in [0.15, 0.2) is 6.04 Å². The van der Waals surface area contributed by atoms with Crippen molar-refractivity contribution in [1.82, 2.24) is 10.4 Å². The quantitative estimate of drug-likeness (QED) is 0.689. The van der Waals surface area contributed by atoms with Gasteiger partial charge in [0, 0.05) is 25.1 Å². The maximum absolute atomic E-state index is 13.6. The highest BCUT2D eigenvalue weighted by Crippen LogP contribution is 2.41. The number of halogens is 3. The summed E-state index contributed by atoms with van der Waals surface area (Å²) in [5, 5.41) is 12.4. The molecule has 1 saturated heterocycles. The standard InChI is InChI=1S/C15H12F3N3O3/c16-15(17,18)14(20-7-6-13(22)19-20)11-3-1-2-9-4-5-10(21(23)24)8-12(9)11/h1-5,8,14H,6-7H2,(H,19,22). The van der Waals surface area contributed by atoms with E-state index in [1.807, 2.05) is 0 Å². The van der Waals surface area contributed by atoms with Crippen molar-refractivity contribution in [2.75, 3.05) is 6.54 Å². The SMILES string of the molecule is O=C1CCN(C(c2cccc3ccc([N+](=O)[O-])cc23)C(F)(F)F)N1. The predicted octanol–water partition coefficient (Wildman–Crippen LogP) is 3.09. The Morgan fingerprint density at radius 3 is 2.58 bits per heavy atom. The molecular formula is C15H12F3N3O3. The maximum atomic E-state index is 13.6. The lowest BCUT2D eigenvalue weighted by Gasteiger charge is -2.30. The molecule has 9 heteroatoms. The van der Waals surface area contributed by atoms with Crippen molar-refractivity contribution >= 4 is 22.4 Å². The first-order valence-electron chi connectivity index (χ1n) is 7.07. The fraction of sp³-hybridized carbons (Fsp3) is 0.267. The zero-order chi connectivity index (χ0) is 17.5. The van der Waals surface area contributed by atoms with Gasteiger partial charge in [0.2, 0.25) is 5.91 Å². The van der Waals surface area contributed by atoms with Crippen LogP contribution in [0.3, 0.4) is 0 Å². The first-order chi connectivity index (χ1) is 11.3. The normalized spacial score (nSPS) is 17.0. The van der Waals surface area contributed by atoms with E-state index in [0.29, 0.717) is 5.39 Å². The van der Waals surface area contributed by atoms with E-state index in [4.69, 9.17) is 0 Å². The molecule has 0 bridgehead atoms. The number of hydrogen-bond donors (Lipinski definition) is 1. The summed E-state index contributed by atoms with van der Waals surface area (Å²) in [5.41, 5.74) is 1.78. The Labute approximate surface area is 134 Å². The number of nitrogens with zero attached hydrogens (tertiary/aromatic N) is 2. The van der Waals surface area contributed by atoms with Crippen LogP contribution in [0.1, 0.15) is 18.0 Å². The number of alkyl halides is 3. The Balaban J connectivity index is 2.18. The topological polar surface area (TPSA) is 75.5 Å². The minimum atomic E-state index is -4.66. The lowest BCUT2D eigenvalue weighted by Crippen LogP contribution is -2.43. The first-order valence-corrected chi connectivity index (χ1v) is 7.07. The number of rotatable bonds is 3. The lowest BCUT2D eigenvalue weighted by atomic mass is 9.97. The fourth-order valence-corrected chi connectivity index (χ4v) is 2.85. The molecule has 24 heavy (non-hydrogen) atoms. The third-order valence-corrected chi connectivity index (χ3v) is 3.87. The van der Waals surface area contributed by atoms with Gasteiger partial charge in [0.05, 0.1) is 4.92 Å². The number of hydrogen-bond acceptors (Lipinski definition) is 4. The Bertz CT molecular complexity index is 822. The van der Waals surface area contributed by atoms with E-state index >= 15 is 0 Å². The molecule has 1 unspecified atom stereocenters. The maximum Gasteiger partial charge on any atom is 0.409 e. The van der Waals surface area contributed by atoms with E-state index in [-0.39, 0.29) is 29.6 Å². The summed E-state index contributed by atoms with van der Waals surface area (Å²) in [5.74, 6) is -0.490. The van der Waals surface area contributed by atoms with Gasteiger partial charge in [0.1, 0.15) is 0 Å². The number of amides is 1. The van der Waals surface area contributed by atoms with E-state index in [2.05, 4.69) is 5.43 Å². The number of fused-ring (bicyclic) bond motifs is 1. The number of non-ortho nitro benzene ring substituents is 1. The molecule has 126 valence electrons. The van der Waals surface area contributed by atoms with Crippen LogP contribution >= 0.6 is 0 Å². The van der Waals surface area contributed by atoms with Crippen molar-refractivity contribution in [3.63, 3.8) is 0 Å². The highest BCUT2D eigenvalue weighted by atomic mass is 19.4. The summed E-state index contributed by atoms with van der Waals surface area (Å²) in [7, 11) is 0. The summed E-state index contributed by atoms with van der Waals surface area (Å²) >= 11 is 0. The third kappa shape index (κ3) is 2.90. The molecule has 1 aliphatic rings. The summed E-state index contributed by atoms with van der Waals surface area (Å²) in [6.07, 6.45) is -4.69. The van der Waals surface area contributed by atoms with Crippen molar-refractivity contribution in [2.24, 2.45) is 0 Å². The number of carbonyl (C=O) groups excluding carboxylic acids is 1. The lowest BCUT2D eigenvalue weighted by molar-refractivity contribution is -0.384. The molecule has 3 rings (SSSR count). The molecule has 1 heterocycles. The van der Waals surface area contributed by atoms with Crippen LogP contribution in [0.2, 0.25) is 0 Å². The second-order valence-corrected chi connectivity index (χ2v) is 5.43. The Hall–Kier alpha value is -2.68. The molecule has 0 aromatic heterocycles. The summed E-state index contributed by atoms with van der Waals surface area (Å²) in [6.45, 7) is -0.0890.